The molecule has 2 aromatic carbocycles. The molecule has 1 unspecified atom stereocenters. The predicted molar refractivity (Wildman–Crippen MR) is 74.9 cm³/mol. The summed E-state index contributed by atoms with van der Waals surface area (Å²) >= 11 is 0. The number of halogens is 3. The Morgan fingerprint density at radius 1 is 0.952 bits per heavy atom. The lowest BCUT2D eigenvalue weighted by atomic mass is 9.96. The first-order valence-electron chi connectivity index (χ1n) is 6.44. The Hall–Kier alpha value is -2.01. The fourth-order valence-corrected chi connectivity index (χ4v) is 2.32. The van der Waals surface area contributed by atoms with Crippen LogP contribution in [0.2, 0.25) is 0 Å². The molecule has 2 rings (SSSR count). The molecule has 0 bridgehead atoms. The number of ether oxygens (including phenoxy) is 1. The average molecular weight is 295 g/mol. The van der Waals surface area contributed by atoms with Gasteiger partial charge in [-0.3, -0.25) is 0 Å². The van der Waals surface area contributed by atoms with E-state index < -0.39 is 23.5 Å². The highest BCUT2D eigenvalue weighted by Gasteiger charge is 2.22. The van der Waals surface area contributed by atoms with Crippen molar-refractivity contribution in [3.05, 3.63) is 64.5 Å². The second-order valence-electron chi connectivity index (χ2n) is 4.75. The summed E-state index contributed by atoms with van der Waals surface area (Å²) in [5.74, 6) is -2.55. The molecule has 0 heterocycles. The first kappa shape index (κ1) is 15.4. The van der Waals surface area contributed by atoms with Gasteiger partial charge in [0, 0.05) is 17.2 Å². The minimum Gasteiger partial charge on any atom is -0.496 e. The second-order valence-corrected chi connectivity index (χ2v) is 4.75. The van der Waals surface area contributed by atoms with Gasteiger partial charge >= 0.3 is 0 Å². The zero-order chi connectivity index (χ0) is 15.6. The van der Waals surface area contributed by atoms with Crippen molar-refractivity contribution in [3.8, 4) is 5.75 Å². The van der Waals surface area contributed by atoms with E-state index in [1.165, 1.54) is 7.11 Å². The third kappa shape index (κ3) is 3.03. The fourth-order valence-electron chi connectivity index (χ4n) is 2.32. The summed E-state index contributed by atoms with van der Waals surface area (Å²) in [7, 11) is 3.12. The van der Waals surface area contributed by atoms with Crippen molar-refractivity contribution < 1.29 is 17.9 Å². The first-order valence-corrected chi connectivity index (χ1v) is 6.44. The monoisotopic (exact) mass is 295 g/mol. The molecule has 1 N–H and O–H groups in total. The van der Waals surface area contributed by atoms with E-state index >= 15 is 0 Å². The van der Waals surface area contributed by atoms with Crippen LogP contribution in [-0.4, -0.2) is 14.2 Å². The molecule has 112 valence electrons. The van der Waals surface area contributed by atoms with Crippen LogP contribution in [0.15, 0.2) is 30.3 Å². The van der Waals surface area contributed by atoms with Gasteiger partial charge in [0.15, 0.2) is 11.6 Å². The van der Waals surface area contributed by atoms with E-state index in [0.717, 1.165) is 11.6 Å². The third-order valence-corrected chi connectivity index (χ3v) is 3.34. The molecule has 5 heteroatoms. The van der Waals surface area contributed by atoms with Gasteiger partial charge < -0.3 is 10.1 Å². The van der Waals surface area contributed by atoms with Crippen LogP contribution in [0.5, 0.6) is 5.75 Å². The molecule has 21 heavy (non-hydrogen) atoms. The molecule has 0 aliphatic heterocycles. The maximum atomic E-state index is 14.0. The lowest BCUT2D eigenvalue weighted by Gasteiger charge is -2.21. The Balaban J connectivity index is 2.59. The Morgan fingerprint density at radius 3 is 2.24 bits per heavy atom. The average Bonchev–Trinajstić information content (AvgIpc) is 2.45. The van der Waals surface area contributed by atoms with Crippen molar-refractivity contribution in [2.24, 2.45) is 0 Å². The number of hydrogen-bond acceptors (Lipinski definition) is 2. The van der Waals surface area contributed by atoms with Gasteiger partial charge in [0.25, 0.3) is 0 Å². The van der Waals surface area contributed by atoms with E-state index in [1.807, 2.05) is 19.1 Å². The van der Waals surface area contributed by atoms with Gasteiger partial charge in [-0.15, -0.1) is 0 Å². The summed E-state index contributed by atoms with van der Waals surface area (Å²) in [4.78, 5) is 0. The number of aryl methyl sites for hydroxylation is 1. The van der Waals surface area contributed by atoms with Crippen LogP contribution in [-0.2, 0) is 0 Å². The summed E-state index contributed by atoms with van der Waals surface area (Å²) < 4.78 is 45.8. The van der Waals surface area contributed by atoms with Crippen molar-refractivity contribution in [2.75, 3.05) is 14.2 Å². The molecular formula is C16H16F3NO. The molecule has 0 aliphatic carbocycles. The Bertz CT molecular complexity index is 658. The molecule has 2 nitrogen and oxygen atoms in total. The molecule has 0 saturated carbocycles. The highest BCUT2D eigenvalue weighted by molar-refractivity contribution is 5.44. The van der Waals surface area contributed by atoms with Crippen LogP contribution < -0.4 is 10.1 Å². The molecule has 0 radical (unpaired) electrons. The molecule has 0 spiro atoms. The topological polar surface area (TPSA) is 21.3 Å². The number of hydrogen-bond donors (Lipinski definition) is 1. The highest BCUT2D eigenvalue weighted by Crippen LogP contribution is 2.32. The zero-order valence-electron chi connectivity index (χ0n) is 12.0. The number of rotatable bonds is 4. The summed E-state index contributed by atoms with van der Waals surface area (Å²) in [6.07, 6.45) is 0. The van der Waals surface area contributed by atoms with Gasteiger partial charge in [-0.05, 0) is 26.1 Å². The van der Waals surface area contributed by atoms with E-state index in [2.05, 4.69) is 5.32 Å². The summed E-state index contributed by atoms with van der Waals surface area (Å²) in [6, 6.07) is 6.21. The molecule has 0 aromatic heterocycles. The third-order valence-electron chi connectivity index (χ3n) is 3.34. The van der Waals surface area contributed by atoms with Crippen LogP contribution in [0.1, 0.15) is 22.7 Å². The number of benzene rings is 2. The minimum absolute atomic E-state index is 0.0281. The van der Waals surface area contributed by atoms with Crippen molar-refractivity contribution in [1.82, 2.24) is 5.32 Å². The smallest absolute Gasteiger partial charge is 0.161 e. The standard InChI is InChI=1S/C16H16F3NO/c1-9-4-5-15(21-3)11(6-9)16(20-2)10-7-13(18)14(19)8-12(10)17/h4-8,16,20H,1-3H3. The van der Waals surface area contributed by atoms with Gasteiger partial charge in [0.05, 0.1) is 13.2 Å². The SMILES string of the molecule is CNC(c1cc(F)c(F)cc1F)c1cc(C)ccc1OC. The van der Waals surface area contributed by atoms with E-state index in [1.54, 1.807) is 13.1 Å². The van der Waals surface area contributed by atoms with Crippen molar-refractivity contribution >= 4 is 0 Å². The molecule has 2 aromatic rings. The molecule has 0 fully saturated rings. The van der Waals surface area contributed by atoms with Crippen LogP contribution >= 0.6 is 0 Å². The van der Waals surface area contributed by atoms with Gasteiger partial charge in [-0.1, -0.05) is 17.7 Å². The van der Waals surface area contributed by atoms with Crippen LogP contribution in [0.4, 0.5) is 13.2 Å². The predicted octanol–water partition coefficient (Wildman–Crippen LogP) is 3.73. The van der Waals surface area contributed by atoms with Gasteiger partial charge in [-0.25, -0.2) is 13.2 Å². The Labute approximate surface area is 121 Å². The minimum atomic E-state index is -1.21. The Kier molecular flexibility index (Phi) is 4.53. The summed E-state index contributed by atoms with van der Waals surface area (Å²) in [5.41, 5.74) is 1.64. The zero-order valence-corrected chi connectivity index (χ0v) is 12.0. The molecule has 0 aliphatic rings. The van der Waals surface area contributed by atoms with E-state index in [9.17, 15) is 13.2 Å². The molecular weight excluding hydrogens is 279 g/mol. The Morgan fingerprint density at radius 2 is 1.62 bits per heavy atom. The van der Waals surface area contributed by atoms with Crippen molar-refractivity contribution in [1.29, 1.82) is 0 Å². The van der Waals surface area contributed by atoms with Crippen LogP contribution in [0.3, 0.4) is 0 Å². The number of nitrogens with one attached hydrogen (secondary N) is 1. The van der Waals surface area contributed by atoms with E-state index in [-0.39, 0.29) is 5.56 Å². The second kappa shape index (κ2) is 6.18. The van der Waals surface area contributed by atoms with Crippen molar-refractivity contribution in [2.45, 2.75) is 13.0 Å². The first-order chi connectivity index (χ1) is 9.97. The maximum absolute atomic E-state index is 14.0. The van der Waals surface area contributed by atoms with Crippen LogP contribution in [0, 0.1) is 24.4 Å². The molecule has 1 atom stereocenters. The lowest BCUT2D eigenvalue weighted by Crippen LogP contribution is -2.20. The molecule has 0 saturated heterocycles. The highest BCUT2D eigenvalue weighted by atomic mass is 19.2. The van der Waals surface area contributed by atoms with Crippen molar-refractivity contribution in [3.63, 3.8) is 0 Å². The number of methoxy groups -OCH3 is 1. The summed E-state index contributed by atoms with van der Waals surface area (Å²) in [5, 5.41) is 2.91. The van der Waals surface area contributed by atoms with Gasteiger partial charge in [0.1, 0.15) is 11.6 Å². The largest absolute Gasteiger partial charge is 0.496 e. The van der Waals surface area contributed by atoms with Gasteiger partial charge in [0.2, 0.25) is 0 Å². The quantitative estimate of drug-likeness (QED) is 0.868. The van der Waals surface area contributed by atoms with Gasteiger partial charge in [-0.2, -0.15) is 0 Å². The normalized spacial score (nSPS) is 12.3. The van der Waals surface area contributed by atoms with E-state index in [4.69, 9.17) is 4.74 Å². The lowest BCUT2D eigenvalue weighted by molar-refractivity contribution is 0.404. The van der Waals surface area contributed by atoms with Crippen LogP contribution in [0.25, 0.3) is 0 Å². The van der Waals surface area contributed by atoms with E-state index in [0.29, 0.717) is 17.4 Å². The molecule has 0 amide bonds. The maximum Gasteiger partial charge on any atom is 0.161 e. The summed E-state index contributed by atoms with van der Waals surface area (Å²) in [6.45, 7) is 1.89. The fraction of sp³-hybridized carbons (Fsp3) is 0.250.